The lowest BCUT2D eigenvalue weighted by Gasteiger charge is -2.17. The number of amides is 1. The molecule has 0 spiro atoms. The first-order chi connectivity index (χ1) is 18.1. The summed E-state index contributed by atoms with van der Waals surface area (Å²) in [5.74, 6) is -1.76. The average Bonchev–Trinajstić information content (AvgIpc) is 3.30. The van der Waals surface area contributed by atoms with Crippen LogP contribution in [-0.4, -0.2) is 26.5 Å². The van der Waals surface area contributed by atoms with E-state index >= 15 is 0 Å². The molecule has 0 unspecified atom stereocenters. The minimum Gasteiger partial charge on any atom is -0.478 e. The number of hydrogen-bond acceptors (Lipinski definition) is 3. The number of fused-ring (bicyclic) bond motifs is 2. The van der Waals surface area contributed by atoms with Crippen LogP contribution in [0.5, 0.6) is 0 Å². The minimum atomic E-state index is -4.64. The molecule has 1 atom stereocenters. The molecule has 0 bridgehead atoms. The first-order valence-corrected chi connectivity index (χ1v) is 11.8. The largest absolute Gasteiger partial charge is 0.478 e. The van der Waals surface area contributed by atoms with Crippen molar-refractivity contribution in [2.24, 2.45) is 0 Å². The van der Waals surface area contributed by atoms with Crippen LogP contribution in [0.2, 0.25) is 0 Å². The summed E-state index contributed by atoms with van der Waals surface area (Å²) in [4.78, 5) is 29.1. The maximum absolute atomic E-state index is 13.7. The van der Waals surface area contributed by atoms with Gasteiger partial charge in [0.2, 0.25) is 0 Å². The molecule has 0 saturated heterocycles. The summed E-state index contributed by atoms with van der Waals surface area (Å²) >= 11 is 0. The molecule has 192 valence electrons. The van der Waals surface area contributed by atoms with E-state index in [-0.39, 0.29) is 23.1 Å². The molecule has 0 fully saturated rings. The van der Waals surface area contributed by atoms with Crippen molar-refractivity contribution in [3.8, 4) is 0 Å². The van der Waals surface area contributed by atoms with E-state index in [9.17, 15) is 22.8 Å². The molecular formula is C29H22F3N3O3. The third-order valence-corrected chi connectivity index (χ3v) is 6.43. The lowest BCUT2D eigenvalue weighted by atomic mass is 10.0. The normalized spacial score (nSPS) is 12.5. The zero-order valence-electron chi connectivity index (χ0n) is 20.2. The number of aromatic carboxylic acids is 1. The maximum Gasteiger partial charge on any atom is 0.416 e. The molecule has 5 rings (SSSR count). The molecule has 1 amide bonds. The fourth-order valence-electron chi connectivity index (χ4n) is 4.46. The number of rotatable bonds is 6. The average molecular weight is 518 g/mol. The van der Waals surface area contributed by atoms with Crippen LogP contribution in [0.4, 0.5) is 13.2 Å². The predicted octanol–water partition coefficient (Wildman–Crippen LogP) is 6.45. The Morgan fingerprint density at radius 3 is 2.42 bits per heavy atom. The lowest BCUT2D eigenvalue weighted by molar-refractivity contribution is -0.137. The van der Waals surface area contributed by atoms with Gasteiger partial charge in [-0.3, -0.25) is 9.78 Å². The van der Waals surface area contributed by atoms with Gasteiger partial charge >= 0.3 is 12.1 Å². The first kappa shape index (κ1) is 25.0. The third kappa shape index (κ3) is 4.95. The summed E-state index contributed by atoms with van der Waals surface area (Å²) in [5.41, 5.74) is 1.51. The predicted molar refractivity (Wildman–Crippen MR) is 137 cm³/mol. The van der Waals surface area contributed by atoms with E-state index in [1.807, 2.05) is 36.4 Å². The molecule has 2 N–H and O–H groups in total. The fourth-order valence-corrected chi connectivity index (χ4v) is 4.46. The third-order valence-electron chi connectivity index (χ3n) is 6.43. The van der Waals surface area contributed by atoms with Crippen LogP contribution in [0.3, 0.4) is 0 Å². The van der Waals surface area contributed by atoms with Gasteiger partial charge in [-0.25, -0.2) is 4.79 Å². The summed E-state index contributed by atoms with van der Waals surface area (Å²) in [5, 5.41) is 13.1. The number of carbonyl (C=O) groups excluding carboxylic acids is 1. The summed E-state index contributed by atoms with van der Waals surface area (Å²) in [7, 11) is 0. The maximum atomic E-state index is 13.7. The van der Waals surface area contributed by atoms with E-state index < -0.39 is 29.7 Å². The zero-order chi connectivity index (χ0) is 27.0. The van der Waals surface area contributed by atoms with Crippen LogP contribution < -0.4 is 5.32 Å². The summed E-state index contributed by atoms with van der Waals surface area (Å²) in [6, 6.07) is 20.2. The Hall–Kier alpha value is -4.66. The van der Waals surface area contributed by atoms with Crippen molar-refractivity contribution in [2.45, 2.75) is 25.7 Å². The summed E-state index contributed by atoms with van der Waals surface area (Å²) < 4.78 is 42.8. The van der Waals surface area contributed by atoms with E-state index in [4.69, 9.17) is 5.11 Å². The molecule has 2 heterocycles. The van der Waals surface area contributed by atoms with E-state index in [2.05, 4.69) is 10.3 Å². The number of nitrogens with zero attached hydrogens (tertiary/aromatic N) is 2. The minimum absolute atomic E-state index is 0.0898. The molecule has 3 aromatic carbocycles. The van der Waals surface area contributed by atoms with Crippen molar-refractivity contribution >= 4 is 33.7 Å². The molecule has 0 aliphatic rings. The highest BCUT2D eigenvalue weighted by Crippen LogP contribution is 2.34. The monoisotopic (exact) mass is 517 g/mol. The number of para-hydroxylation sites is 1. The number of nitrogens with one attached hydrogen (secondary N) is 1. The van der Waals surface area contributed by atoms with Crippen LogP contribution in [0, 0.1) is 0 Å². The van der Waals surface area contributed by atoms with Gasteiger partial charge in [-0.2, -0.15) is 13.2 Å². The van der Waals surface area contributed by atoms with Crippen molar-refractivity contribution < 1.29 is 27.9 Å². The van der Waals surface area contributed by atoms with Crippen molar-refractivity contribution in [1.82, 2.24) is 14.9 Å². The molecule has 0 aliphatic heterocycles. The second-order valence-electron chi connectivity index (χ2n) is 9.02. The van der Waals surface area contributed by atoms with Crippen LogP contribution in [-0.2, 0) is 12.7 Å². The Bertz CT molecular complexity index is 1670. The molecule has 5 aromatic rings. The van der Waals surface area contributed by atoms with E-state index in [1.165, 1.54) is 12.1 Å². The van der Waals surface area contributed by atoms with Crippen molar-refractivity contribution in [1.29, 1.82) is 0 Å². The molecule has 2 aromatic heterocycles. The van der Waals surface area contributed by atoms with E-state index in [0.29, 0.717) is 16.8 Å². The smallest absolute Gasteiger partial charge is 0.416 e. The highest BCUT2D eigenvalue weighted by molar-refractivity contribution is 6.06. The lowest BCUT2D eigenvalue weighted by Crippen LogP contribution is -2.27. The zero-order valence-corrected chi connectivity index (χ0v) is 20.2. The second-order valence-corrected chi connectivity index (χ2v) is 9.02. The number of benzene rings is 3. The van der Waals surface area contributed by atoms with Gasteiger partial charge in [0.15, 0.2) is 0 Å². The van der Waals surface area contributed by atoms with Gasteiger partial charge in [0.1, 0.15) is 0 Å². The molecule has 0 aliphatic carbocycles. The highest BCUT2D eigenvalue weighted by atomic mass is 19.4. The molecular weight excluding hydrogens is 495 g/mol. The number of aromatic nitrogens is 2. The number of pyridine rings is 1. The summed E-state index contributed by atoms with van der Waals surface area (Å²) in [6.45, 7) is 1.93. The number of alkyl halides is 3. The van der Waals surface area contributed by atoms with Crippen LogP contribution in [0.1, 0.15) is 50.5 Å². The Labute approximate surface area is 215 Å². The van der Waals surface area contributed by atoms with Gasteiger partial charge in [-0.15, -0.1) is 0 Å². The van der Waals surface area contributed by atoms with Gasteiger partial charge in [-0.1, -0.05) is 36.4 Å². The Morgan fingerprint density at radius 1 is 0.974 bits per heavy atom. The summed E-state index contributed by atoms with van der Waals surface area (Å²) in [6.07, 6.45) is -2.99. The number of hydrogen-bond donors (Lipinski definition) is 2. The quantitative estimate of drug-likeness (QED) is 0.271. The number of carboxylic acids is 1. The molecule has 38 heavy (non-hydrogen) atoms. The van der Waals surface area contributed by atoms with Crippen molar-refractivity contribution in [3.05, 3.63) is 113 Å². The van der Waals surface area contributed by atoms with E-state index in [0.717, 1.165) is 23.0 Å². The fraction of sp³-hybridized carbons (Fsp3) is 0.138. The Kier molecular flexibility index (Phi) is 6.36. The van der Waals surface area contributed by atoms with Crippen LogP contribution in [0.25, 0.3) is 21.8 Å². The number of carbonyl (C=O) groups is 2. The van der Waals surface area contributed by atoms with Gasteiger partial charge in [0, 0.05) is 17.0 Å². The van der Waals surface area contributed by atoms with Gasteiger partial charge < -0.3 is 15.0 Å². The Morgan fingerprint density at radius 2 is 1.71 bits per heavy atom. The Balaban J connectivity index is 1.52. The molecule has 6 nitrogen and oxygen atoms in total. The highest BCUT2D eigenvalue weighted by Gasteiger charge is 2.33. The number of carboxylic acid groups (broad SMARTS) is 1. The van der Waals surface area contributed by atoms with Gasteiger partial charge in [0.25, 0.3) is 5.91 Å². The first-order valence-electron chi connectivity index (χ1n) is 11.8. The SMILES string of the molecule is C[C@H](NC(=O)c1cc(C(F)(F)F)cc2ccn(Cc3ccc4ccccc4n3)c12)c1ccc(C(=O)O)cc1. The second kappa shape index (κ2) is 9.66. The van der Waals surface area contributed by atoms with Crippen LogP contribution in [0.15, 0.2) is 85.1 Å². The standard InChI is InChI=1S/C29H22F3N3O3/c1-17(18-6-8-20(9-7-18)28(37)38)33-27(36)24-15-22(29(30,31)32)14-21-12-13-35(26(21)24)16-23-11-10-19-4-2-3-5-25(19)34-23/h2-15,17H,16H2,1H3,(H,33,36)(H,37,38)/t17-/m0/s1. The van der Waals surface area contributed by atoms with Gasteiger partial charge in [0.05, 0.1) is 46.0 Å². The molecule has 0 radical (unpaired) electrons. The van der Waals surface area contributed by atoms with Crippen molar-refractivity contribution in [3.63, 3.8) is 0 Å². The van der Waals surface area contributed by atoms with Crippen LogP contribution >= 0.6 is 0 Å². The van der Waals surface area contributed by atoms with Crippen molar-refractivity contribution in [2.75, 3.05) is 0 Å². The van der Waals surface area contributed by atoms with Gasteiger partial charge in [-0.05, 0) is 55.0 Å². The topological polar surface area (TPSA) is 84.2 Å². The molecule has 0 saturated carbocycles. The molecule has 9 heteroatoms. The van der Waals surface area contributed by atoms with E-state index in [1.54, 1.807) is 35.9 Å². The number of halogens is 3.